The number of para-hydroxylation sites is 1. The van der Waals surface area contributed by atoms with E-state index in [4.69, 9.17) is 9.97 Å². The van der Waals surface area contributed by atoms with Crippen molar-refractivity contribution in [1.82, 2.24) is 14.5 Å². The fourth-order valence-electron chi connectivity index (χ4n) is 10.2. The zero-order chi connectivity index (χ0) is 39.3. The van der Waals surface area contributed by atoms with Crippen LogP contribution >= 0.6 is 0 Å². The fraction of sp³-hybridized carbons (Fsp3) is 0.0175. The molecule has 0 aliphatic heterocycles. The summed E-state index contributed by atoms with van der Waals surface area (Å²) in [5.74, 6) is 0.912. The maximum Gasteiger partial charge on any atom is 0.161 e. The predicted octanol–water partition coefficient (Wildman–Crippen LogP) is 14.7. The van der Waals surface area contributed by atoms with Gasteiger partial charge in [0.15, 0.2) is 5.82 Å². The first kappa shape index (κ1) is 33.1. The largest absolute Gasteiger partial charge is 0.309 e. The molecular weight excluding hydrogens is 727 g/mol. The topological polar surface area (TPSA) is 30.7 Å². The molecule has 1 aliphatic rings. The smallest absolute Gasteiger partial charge is 0.161 e. The van der Waals surface area contributed by atoms with E-state index < -0.39 is 0 Å². The van der Waals surface area contributed by atoms with E-state index in [0.29, 0.717) is 5.82 Å². The lowest BCUT2D eigenvalue weighted by atomic mass is 9.89. The van der Waals surface area contributed by atoms with Crippen molar-refractivity contribution in [2.24, 2.45) is 0 Å². The van der Waals surface area contributed by atoms with Crippen LogP contribution in [-0.2, 0) is 0 Å². The molecule has 3 nitrogen and oxygen atoms in total. The van der Waals surface area contributed by atoms with Crippen molar-refractivity contribution in [3.8, 4) is 39.5 Å². The minimum absolute atomic E-state index is 0.195. The van der Waals surface area contributed by atoms with Gasteiger partial charge in [-0.25, -0.2) is 9.97 Å². The average molecular weight is 762 g/mol. The first-order chi connectivity index (χ1) is 29.8. The molecule has 3 heteroatoms. The second kappa shape index (κ2) is 12.8. The molecule has 0 amide bonds. The molecule has 2 heterocycles. The summed E-state index contributed by atoms with van der Waals surface area (Å²) in [6.07, 6.45) is 0. The number of nitrogens with zero attached hydrogens (tertiary/aromatic N) is 3. The number of benzene rings is 10. The predicted molar refractivity (Wildman–Crippen MR) is 250 cm³/mol. The van der Waals surface area contributed by atoms with Crippen molar-refractivity contribution in [3.63, 3.8) is 0 Å². The average Bonchev–Trinajstić information content (AvgIpc) is 3.82. The second-order valence-corrected chi connectivity index (χ2v) is 16.1. The summed E-state index contributed by atoms with van der Waals surface area (Å²) in [5.41, 5.74) is 14.0. The highest BCUT2D eigenvalue weighted by atomic mass is 15.0. The molecule has 278 valence electrons. The quantitative estimate of drug-likeness (QED) is 0.179. The lowest BCUT2D eigenvalue weighted by molar-refractivity contribution is 1.01. The van der Waals surface area contributed by atoms with Crippen molar-refractivity contribution in [3.05, 3.63) is 223 Å². The summed E-state index contributed by atoms with van der Waals surface area (Å²) in [6, 6.07) is 75.0. The van der Waals surface area contributed by atoms with Gasteiger partial charge < -0.3 is 4.57 Å². The normalized spacial score (nSPS) is 13.5. The standard InChI is InChI=1S/C57H35N3/c1-2-15-36(16-3-1)54-44-23-11-9-21-42(44)48-33-39(26-28-45(48)54)56-47-24-12-13-25-50(47)58-57(59-56)46-29-31-51(43-22-10-8-20-41(43)46)60-52-30-27-35-14-6-7-19-40(35)55(52)49-32-37-17-4-5-18-38(37)34-53(49)60/h1-34,54H. The van der Waals surface area contributed by atoms with Crippen molar-refractivity contribution in [1.29, 1.82) is 0 Å². The van der Waals surface area contributed by atoms with E-state index in [0.717, 1.165) is 44.2 Å². The first-order valence-corrected chi connectivity index (χ1v) is 20.7. The number of fused-ring (bicyclic) bond motifs is 11. The molecule has 0 N–H and O–H groups in total. The number of rotatable bonds is 4. The molecule has 1 atom stereocenters. The van der Waals surface area contributed by atoms with Crippen LogP contribution in [0.25, 0.3) is 104 Å². The van der Waals surface area contributed by atoms with Gasteiger partial charge in [0.1, 0.15) is 0 Å². The van der Waals surface area contributed by atoms with Gasteiger partial charge in [-0.15, -0.1) is 0 Å². The summed E-state index contributed by atoms with van der Waals surface area (Å²) in [6.45, 7) is 0. The Morgan fingerprint density at radius 2 is 1.07 bits per heavy atom. The lowest BCUT2D eigenvalue weighted by Crippen LogP contribution is -2.00. The van der Waals surface area contributed by atoms with Gasteiger partial charge in [0.2, 0.25) is 0 Å². The van der Waals surface area contributed by atoms with Gasteiger partial charge in [-0.1, -0.05) is 164 Å². The first-order valence-electron chi connectivity index (χ1n) is 20.7. The van der Waals surface area contributed by atoms with Crippen LogP contribution in [0.15, 0.2) is 206 Å². The zero-order valence-electron chi connectivity index (χ0n) is 32.5. The van der Waals surface area contributed by atoms with Crippen LogP contribution in [0.1, 0.15) is 22.6 Å². The molecule has 13 rings (SSSR count). The van der Waals surface area contributed by atoms with E-state index in [1.165, 1.54) is 71.2 Å². The monoisotopic (exact) mass is 761 g/mol. The Balaban J connectivity index is 1.02. The van der Waals surface area contributed by atoms with E-state index in [1.807, 2.05) is 0 Å². The van der Waals surface area contributed by atoms with Gasteiger partial charge in [-0.2, -0.15) is 0 Å². The summed E-state index contributed by atoms with van der Waals surface area (Å²) >= 11 is 0. The van der Waals surface area contributed by atoms with Crippen LogP contribution < -0.4 is 0 Å². The molecule has 12 aromatic rings. The summed E-state index contributed by atoms with van der Waals surface area (Å²) in [7, 11) is 0. The highest BCUT2D eigenvalue weighted by molar-refractivity contribution is 6.24. The van der Waals surface area contributed by atoms with E-state index in [9.17, 15) is 0 Å². The van der Waals surface area contributed by atoms with Crippen molar-refractivity contribution in [2.45, 2.75) is 5.92 Å². The van der Waals surface area contributed by atoms with Crippen LogP contribution in [0.4, 0.5) is 0 Å². The molecule has 0 radical (unpaired) electrons. The maximum atomic E-state index is 5.49. The Labute approximate surface area is 346 Å². The summed E-state index contributed by atoms with van der Waals surface area (Å²) in [5, 5.41) is 10.8. The van der Waals surface area contributed by atoms with Gasteiger partial charge >= 0.3 is 0 Å². The lowest BCUT2D eigenvalue weighted by Gasteiger charge is -2.16. The van der Waals surface area contributed by atoms with Crippen molar-refractivity contribution < 1.29 is 0 Å². The van der Waals surface area contributed by atoms with Gasteiger partial charge in [-0.05, 0) is 97.2 Å². The molecule has 1 aliphatic carbocycles. The highest BCUT2D eigenvalue weighted by Crippen LogP contribution is 2.49. The van der Waals surface area contributed by atoms with E-state index in [1.54, 1.807) is 0 Å². The Bertz CT molecular complexity index is 3730. The van der Waals surface area contributed by atoms with Crippen LogP contribution in [-0.4, -0.2) is 14.5 Å². The Kier molecular flexibility index (Phi) is 7.07. The molecule has 1 unspecified atom stereocenters. The zero-order valence-corrected chi connectivity index (χ0v) is 32.5. The molecule has 0 spiro atoms. The fourth-order valence-corrected chi connectivity index (χ4v) is 10.2. The summed E-state index contributed by atoms with van der Waals surface area (Å²) in [4.78, 5) is 10.8. The molecule has 0 bridgehead atoms. The molecule has 60 heavy (non-hydrogen) atoms. The van der Waals surface area contributed by atoms with Crippen molar-refractivity contribution in [2.75, 3.05) is 0 Å². The van der Waals surface area contributed by atoms with Crippen molar-refractivity contribution >= 4 is 65.0 Å². The molecule has 0 saturated heterocycles. The number of aromatic nitrogens is 3. The number of hydrogen-bond donors (Lipinski definition) is 0. The van der Waals surface area contributed by atoms with Gasteiger partial charge in [-0.3, -0.25) is 0 Å². The summed E-state index contributed by atoms with van der Waals surface area (Å²) < 4.78 is 2.47. The highest BCUT2D eigenvalue weighted by Gasteiger charge is 2.30. The maximum absolute atomic E-state index is 5.49. The van der Waals surface area contributed by atoms with Crippen LogP contribution in [0, 0.1) is 0 Å². The molecule has 0 fully saturated rings. The molecule has 2 aromatic heterocycles. The van der Waals surface area contributed by atoms with Gasteiger partial charge in [0.05, 0.1) is 27.9 Å². The Morgan fingerprint density at radius 3 is 1.93 bits per heavy atom. The molecular formula is C57H35N3. The van der Waals surface area contributed by atoms with Gasteiger partial charge in [0.25, 0.3) is 0 Å². The van der Waals surface area contributed by atoms with E-state index in [2.05, 4.69) is 211 Å². The van der Waals surface area contributed by atoms with Crippen LogP contribution in [0.2, 0.25) is 0 Å². The van der Waals surface area contributed by atoms with Crippen LogP contribution in [0.3, 0.4) is 0 Å². The third-order valence-electron chi connectivity index (χ3n) is 12.8. The minimum Gasteiger partial charge on any atom is -0.309 e. The third kappa shape index (κ3) is 4.84. The third-order valence-corrected chi connectivity index (χ3v) is 12.8. The van der Waals surface area contributed by atoms with Crippen LogP contribution in [0.5, 0.6) is 0 Å². The second-order valence-electron chi connectivity index (χ2n) is 16.1. The Morgan fingerprint density at radius 1 is 0.383 bits per heavy atom. The SMILES string of the molecule is c1ccc(C2c3ccccc3-c3cc(-c4nc(-c5ccc(-n6c7cc8ccccc8cc7c7c8ccccc8ccc76)c6ccccc56)nc5ccccc45)ccc32)cc1. The number of hydrogen-bond acceptors (Lipinski definition) is 2. The van der Waals surface area contributed by atoms with Gasteiger partial charge in [0, 0.05) is 38.6 Å². The minimum atomic E-state index is 0.195. The Hall–Kier alpha value is -7.88. The molecule has 0 saturated carbocycles. The van der Waals surface area contributed by atoms with E-state index in [-0.39, 0.29) is 5.92 Å². The van der Waals surface area contributed by atoms with E-state index >= 15 is 0 Å². The molecule has 10 aromatic carbocycles.